The largest absolute Gasteiger partial charge is 0.354 e. The fourth-order valence-corrected chi connectivity index (χ4v) is 5.39. The fourth-order valence-electron chi connectivity index (χ4n) is 3.32. The summed E-state index contributed by atoms with van der Waals surface area (Å²) in [6.07, 6.45) is 1.60. The Balaban J connectivity index is 1.60. The van der Waals surface area contributed by atoms with Crippen LogP contribution in [0.3, 0.4) is 0 Å². The molecule has 1 saturated heterocycles. The van der Waals surface area contributed by atoms with Crippen molar-refractivity contribution in [3.05, 3.63) is 35.3 Å². The van der Waals surface area contributed by atoms with Crippen LogP contribution in [0.4, 0.5) is 15.6 Å². The highest BCUT2D eigenvalue weighted by atomic mass is 32.1. The number of hydrogen-bond acceptors (Lipinski definition) is 5. The van der Waals surface area contributed by atoms with Crippen LogP contribution in [0.1, 0.15) is 16.6 Å². The number of piperazine rings is 1. The van der Waals surface area contributed by atoms with Crippen LogP contribution in [0, 0.1) is 0 Å². The SMILES string of the molecule is CNC(=O)c1cnc(N2CCN(C(=O)Nc3ccc([Si](C)(C)C)cc3)[C@H](C)C2)s1. The number of aromatic nitrogens is 1. The third-order valence-electron chi connectivity index (χ3n) is 5.11. The minimum Gasteiger partial charge on any atom is -0.354 e. The standard InChI is InChI=1S/C20H29N5O2SSi/c1-14-13-24(20-22-12-17(28-20)18(26)21-2)10-11-25(14)19(27)23-15-6-8-16(9-7-15)29(3,4)5/h6-9,12,14H,10-11,13H2,1-5H3,(H,21,26)(H,23,27)/t14-/m1/s1. The monoisotopic (exact) mass is 431 g/mol. The van der Waals surface area contributed by atoms with Crippen molar-refractivity contribution in [2.75, 3.05) is 36.9 Å². The molecule has 156 valence electrons. The maximum Gasteiger partial charge on any atom is 0.322 e. The average molecular weight is 432 g/mol. The van der Waals surface area contributed by atoms with Gasteiger partial charge in [0.2, 0.25) is 0 Å². The van der Waals surface area contributed by atoms with E-state index in [1.807, 2.05) is 24.0 Å². The summed E-state index contributed by atoms with van der Waals surface area (Å²) in [7, 11) is 0.265. The number of benzene rings is 1. The van der Waals surface area contributed by atoms with Gasteiger partial charge in [-0.05, 0) is 19.1 Å². The predicted molar refractivity (Wildman–Crippen MR) is 122 cm³/mol. The average Bonchev–Trinajstić information content (AvgIpc) is 3.17. The molecule has 1 aliphatic heterocycles. The summed E-state index contributed by atoms with van der Waals surface area (Å²) >= 11 is 1.38. The number of thiazole rings is 1. The second-order valence-corrected chi connectivity index (χ2v) is 14.4. The van der Waals surface area contributed by atoms with Gasteiger partial charge < -0.3 is 20.4 Å². The Labute approximate surface area is 177 Å². The topological polar surface area (TPSA) is 77.6 Å². The minimum absolute atomic E-state index is 0.0392. The van der Waals surface area contributed by atoms with E-state index < -0.39 is 8.07 Å². The number of hydrogen-bond donors (Lipinski definition) is 2. The highest BCUT2D eigenvalue weighted by molar-refractivity contribution is 7.17. The molecule has 0 unspecified atom stereocenters. The molecular weight excluding hydrogens is 402 g/mol. The molecule has 7 nitrogen and oxygen atoms in total. The molecule has 1 atom stereocenters. The van der Waals surface area contributed by atoms with Crippen molar-refractivity contribution in [1.29, 1.82) is 0 Å². The first kappa shape index (κ1) is 21.3. The molecule has 1 aromatic carbocycles. The molecule has 3 amide bonds. The van der Waals surface area contributed by atoms with Crippen LogP contribution >= 0.6 is 11.3 Å². The van der Waals surface area contributed by atoms with Crippen molar-refractivity contribution in [3.63, 3.8) is 0 Å². The van der Waals surface area contributed by atoms with Gasteiger partial charge in [-0.25, -0.2) is 9.78 Å². The van der Waals surface area contributed by atoms with Gasteiger partial charge in [-0.1, -0.05) is 48.3 Å². The molecule has 0 bridgehead atoms. The van der Waals surface area contributed by atoms with Gasteiger partial charge in [0.05, 0.1) is 14.3 Å². The molecule has 1 aromatic heterocycles. The normalized spacial score (nSPS) is 17.2. The Morgan fingerprint density at radius 3 is 2.45 bits per heavy atom. The van der Waals surface area contributed by atoms with Crippen molar-refractivity contribution >= 4 is 47.4 Å². The number of rotatable bonds is 4. The molecule has 9 heteroatoms. The van der Waals surface area contributed by atoms with E-state index >= 15 is 0 Å². The van der Waals surface area contributed by atoms with Gasteiger partial charge in [-0.2, -0.15) is 0 Å². The molecule has 1 fully saturated rings. The summed E-state index contributed by atoms with van der Waals surface area (Å²) in [6.45, 7) is 10.9. The quantitative estimate of drug-likeness (QED) is 0.730. The lowest BCUT2D eigenvalue weighted by molar-refractivity contribution is 0.0967. The highest BCUT2D eigenvalue weighted by Gasteiger charge is 2.29. The maximum absolute atomic E-state index is 12.8. The van der Waals surface area contributed by atoms with Crippen LogP contribution in [0.5, 0.6) is 0 Å². The molecule has 0 spiro atoms. The lowest BCUT2D eigenvalue weighted by Gasteiger charge is -2.39. The van der Waals surface area contributed by atoms with E-state index in [0.717, 1.165) is 10.8 Å². The summed E-state index contributed by atoms with van der Waals surface area (Å²) in [4.78, 5) is 33.5. The van der Waals surface area contributed by atoms with Crippen LogP contribution in [0.25, 0.3) is 0 Å². The van der Waals surface area contributed by atoms with E-state index in [9.17, 15) is 9.59 Å². The van der Waals surface area contributed by atoms with Crippen molar-refractivity contribution in [2.24, 2.45) is 0 Å². The number of nitrogens with one attached hydrogen (secondary N) is 2. The summed E-state index contributed by atoms with van der Waals surface area (Å²) in [5.41, 5.74) is 0.821. The first-order chi connectivity index (χ1) is 13.7. The van der Waals surface area contributed by atoms with Crippen LogP contribution in [0.2, 0.25) is 19.6 Å². The zero-order valence-corrected chi connectivity index (χ0v) is 19.5. The molecule has 3 rings (SSSR count). The van der Waals surface area contributed by atoms with Crippen molar-refractivity contribution in [1.82, 2.24) is 15.2 Å². The van der Waals surface area contributed by atoms with Crippen LogP contribution < -0.4 is 20.7 Å². The maximum atomic E-state index is 12.8. The van der Waals surface area contributed by atoms with Crippen molar-refractivity contribution in [2.45, 2.75) is 32.6 Å². The molecular formula is C20H29N5O2SSi. The Bertz CT molecular complexity index is 878. The molecule has 0 aliphatic carbocycles. The summed E-state index contributed by atoms with van der Waals surface area (Å²) in [5, 5.41) is 7.83. The molecule has 1 aliphatic rings. The minimum atomic E-state index is -1.35. The molecule has 2 heterocycles. The first-order valence-electron chi connectivity index (χ1n) is 9.80. The Kier molecular flexibility index (Phi) is 6.28. The third-order valence-corrected chi connectivity index (χ3v) is 8.23. The van der Waals surface area contributed by atoms with Crippen molar-refractivity contribution in [3.8, 4) is 0 Å². The first-order valence-corrected chi connectivity index (χ1v) is 14.1. The van der Waals surface area contributed by atoms with Gasteiger partial charge in [0.25, 0.3) is 5.91 Å². The van der Waals surface area contributed by atoms with Gasteiger partial charge in [0, 0.05) is 38.4 Å². The molecule has 2 aromatic rings. The second-order valence-electron chi connectivity index (χ2n) is 8.33. The summed E-state index contributed by atoms with van der Waals surface area (Å²) in [5.74, 6) is -0.125. The van der Waals surface area contributed by atoms with Gasteiger partial charge in [-0.15, -0.1) is 0 Å². The van der Waals surface area contributed by atoms with E-state index in [-0.39, 0.29) is 18.0 Å². The predicted octanol–water partition coefficient (Wildman–Crippen LogP) is 2.79. The zero-order valence-electron chi connectivity index (χ0n) is 17.7. The van der Waals surface area contributed by atoms with Crippen molar-refractivity contribution < 1.29 is 9.59 Å². The number of amides is 3. The van der Waals surface area contributed by atoms with E-state index in [2.05, 4.69) is 52.3 Å². The summed E-state index contributed by atoms with van der Waals surface area (Å²) < 4.78 is 0. The van der Waals surface area contributed by atoms with E-state index in [1.165, 1.54) is 16.5 Å². The van der Waals surface area contributed by atoms with Gasteiger partial charge in [0.15, 0.2) is 5.13 Å². The molecule has 2 N–H and O–H groups in total. The van der Waals surface area contributed by atoms with Crippen LogP contribution in [0.15, 0.2) is 30.5 Å². The number of carbonyl (C=O) groups excluding carboxylic acids is 2. The Morgan fingerprint density at radius 1 is 1.17 bits per heavy atom. The van der Waals surface area contributed by atoms with Crippen LogP contribution in [-0.4, -0.2) is 62.6 Å². The molecule has 0 radical (unpaired) electrons. The number of carbonyl (C=O) groups is 2. The number of urea groups is 1. The second kappa shape index (κ2) is 8.54. The van der Waals surface area contributed by atoms with Crippen LogP contribution in [-0.2, 0) is 0 Å². The smallest absolute Gasteiger partial charge is 0.322 e. The molecule has 0 saturated carbocycles. The third kappa shape index (κ3) is 4.97. The van der Waals surface area contributed by atoms with E-state index in [0.29, 0.717) is 24.5 Å². The number of anilines is 2. The lowest BCUT2D eigenvalue weighted by atomic mass is 10.2. The fraction of sp³-hybridized carbons (Fsp3) is 0.450. The van der Waals surface area contributed by atoms with E-state index in [4.69, 9.17) is 0 Å². The zero-order chi connectivity index (χ0) is 21.2. The summed E-state index contributed by atoms with van der Waals surface area (Å²) in [6, 6.07) is 8.18. The van der Waals surface area contributed by atoms with Gasteiger partial charge in [0.1, 0.15) is 4.88 Å². The van der Waals surface area contributed by atoms with E-state index in [1.54, 1.807) is 13.2 Å². The molecule has 29 heavy (non-hydrogen) atoms. The lowest BCUT2D eigenvalue weighted by Crippen LogP contribution is -2.55. The van der Waals surface area contributed by atoms with Gasteiger partial charge in [-0.3, -0.25) is 4.79 Å². The Morgan fingerprint density at radius 2 is 1.86 bits per heavy atom. The van der Waals surface area contributed by atoms with Gasteiger partial charge >= 0.3 is 6.03 Å². The Hall–Kier alpha value is -2.39. The highest BCUT2D eigenvalue weighted by Crippen LogP contribution is 2.25. The number of nitrogens with zero attached hydrogens (tertiary/aromatic N) is 3.